The summed E-state index contributed by atoms with van der Waals surface area (Å²) in [6.07, 6.45) is 1.46. The number of hydrogen-bond donors (Lipinski definition) is 3. The number of para-hydroxylation sites is 2. The lowest BCUT2D eigenvalue weighted by Crippen LogP contribution is -2.42. The van der Waals surface area contributed by atoms with Crippen LogP contribution in [0.3, 0.4) is 0 Å². The van der Waals surface area contributed by atoms with Gasteiger partial charge in [0, 0.05) is 6.54 Å². The topological polar surface area (TPSA) is 84.6 Å². The van der Waals surface area contributed by atoms with Crippen LogP contribution in [0.5, 0.6) is 5.75 Å². The van der Waals surface area contributed by atoms with Gasteiger partial charge in [-0.05, 0) is 25.0 Å². The number of anilines is 1. The molecule has 0 atom stereocenters. The Morgan fingerprint density at radius 2 is 2.00 bits per heavy atom. The highest BCUT2D eigenvalue weighted by Crippen LogP contribution is 2.19. The van der Waals surface area contributed by atoms with E-state index in [1.807, 2.05) is 26.0 Å². The van der Waals surface area contributed by atoms with Crippen LogP contribution in [0.1, 0.15) is 33.1 Å². The molecular weight excluding hydrogens is 256 g/mol. The molecule has 0 saturated carbocycles. The van der Waals surface area contributed by atoms with Gasteiger partial charge in [0.05, 0.1) is 24.3 Å². The number of nitrogen functional groups attached to an aromatic ring is 1. The number of rotatable bonds is 8. The molecule has 0 aliphatic rings. The lowest BCUT2D eigenvalue weighted by molar-refractivity contribution is -0.122. The highest BCUT2D eigenvalue weighted by atomic mass is 16.5. The molecule has 0 radical (unpaired) electrons. The first-order chi connectivity index (χ1) is 9.50. The Balaban J connectivity index is 2.29. The van der Waals surface area contributed by atoms with Crippen molar-refractivity contribution < 1.29 is 14.6 Å². The Morgan fingerprint density at radius 3 is 2.60 bits per heavy atom. The summed E-state index contributed by atoms with van der Waals surface area (Å²) in [7, 11) is 0. The van der Waals surface area contributed by atoms with Gasteiger partial charge in [-0.15, -0.1) is 0 Å². The Morgan fingerprint density at radius 1 is 1.35 bits per heavy atom. The number of amides is 1. The van der Waals surface area contributed by atoms with E-state index < -0.39 is 5.60 Å². The highest BCUT2D eigenvalue weighted by Gasteiger charge is 2.22. The van der Waals surface area contributed by atoms with Crippen molar-refractivity contribution in [1.82, 2.24) is 5.32 Å². The van der Waals surface area contributed by atoms with E-state index in [1.165, 1.54) is 0 Å². The van der Waals surface area contributed by atoms with Crippen LogP contribution in [0, 0.1) is 0 Å². The molecule has 0 bridgehead atoms. The van der Waals surface area contributed by atoms with Crippen molar-refractivity contribution in [2.75, 3.05) is 18.9 Å². The second-order valence-corrected chi connectivity index (χ2v) is 4.84. The highest BCUT2D eigenvalue weighted by molar-refractivity contribution is 5.76. The molecular formula is C15H24N2O3. The lowest BCUT2D eigenvalue weighted by Gasteiger charge is -2.25. The van der Waals surface area contributed by atoms with Gasteiger partial charge in [0.25, 0.3) is 0 Å². The van der Waals surface area contributed by atoms with Crippen molar-refractivity contribution in [2.45, 2.75) is 38.7 Å². The smallest absolute Gasteiger partial charge is 0.223 e. The van der Waals surface area contributed by atoms with E-state index in [9.17, 15) is 9.90 Å². The monoisotopic (exact) mass is 280 g/mol. The minimum Gasteiger partial charge on any atom is -0.491 e. The maximum Gasteiger partial charge on any atom is 0.223 e. The number of nitrogens with one attached hydrogen (secondary N) is 1. The van der Waals surface area contributed by atoms with Gasteiger partial charge in [-0.1, -0.05) is 26.0 Å². The summed E-state index contributed by atoms with van der Waals surface area (Å²) in [6.45, 7) is 4.33. The van der Waals surface area contributed by atoms with E-state index in [0.29, 0.717) is 24.3 Å². The summed E-state index contributed by atoms with van der Waals surface area (Å²) in [6, 6.07) is 7.16. The third-order valence-electron chi connectivity index (χ3n) is 3.44. The predicted molar refractivity (Wildman–Crippen MR) is 79.5 cm³/mol. The molecule has 20 heavy (non-hydrogen) atoms. The van der Waals surface area contributed by atoms with E-state index in [2.05, 4.69) is 5.32 Å². The number of carbonyl (C=O) groups is 1. The first kappa shape index (κ1) is 16.3. The fourth-order valence-corrected chi connectivity index (χ4v) is 1.72. The van der Waals surface area contributed by atoms with Crippen molar-refractivity contribution >= 4 is 11.6 Å². The van der Waals surface area contributed by atoms with Gasteiger partial charge in [0.2, 0.25) is 5.91 Å². The van der Waals surface area contributed by atoms with Crippen LogP contribution in [0.15, 0.2) is 24.3 Å². The van der Waals surface area contributed by atoms with Gasteiger partial charge in [0.1, 0.15) is 5.75 Å². The zero-order valence-electron chi connectivity index (χ0n) is 12.2. The minimum atomic E-state index is -0.819. The summed E-state index contributed by atoms with van der Waals surface area (Å²) in [5.41, 5.74) is 5.47. The minimum absolute atomic E-state index is 0.139. The first-order valence-corrected chi connectivity index (χ1v) is 6.97. The van der Waals surface area contributed by atoms with Crippen molar-refractivity contribution in [1.29, 1.82) is 0 Å². The molecule has 1 amide bonds. The van der Waals surface area contributed by atoms with E-state index >= 15 is 0 Å². The maximum atomic E-state index is 11.7. The van der Waals surface area contributed by atoms with Crippen molar-refractivity contribution in [3.8, 4) is 5.75 Å². The quantitative estimate of drug-likeness (QED) is 0.633. The molecule has 4 N–H and O–H groups in total. The Labute approximate surface area is 120 Å². The Hall–Kier alpha value is -1.75. The average Bonchev–Trinajstić information content (AvgIpc) is 2.47. The number of carbonyl (C=O) groups excluding carboxylic acids is 1. The zero-order chi connectivity index (χ0) is 15.0. The number of aliphatic hydroxyl groups is 1. The third-order valence-corrected chi connectivity index (χ3v) is 3.44. The molecule has 0 fully saturated rings. The fraction of sp³-hybridized carbons (Fsp3) is 0.533. The molecule has 1 aromatic carbocycles. The fourth-order valence-electron chi connectivity index (χ4n) is 1.72. The van der Waals surface area contributed by atoms with Crippen molar-refractivity contribution in [3.63, 3.8) is 0 Å². The molecule has 0 aromatic heterocycles. The SMILES string of the molecule is CCC(O)(CC)CNC(=O)CCOc1ccccc1N. The van der Waals surface area contributed by atoms with Crippen LogP contribution in [-0.4, -0.2) is 29.8 Å². The summed E-state index contributed by atoms with van der Waals surface area (Å²) < 4.78 is 5.44. The predicted octanol–water partition coefficient (Wildman–Crippen LogP) is 1.70. The molecule has 1 aromatic rings. The van der Waals surface area contributed by atoms with Crippen LogP contribution in [-0.2, 0) is 4.79 Å². The van der Waals surface area contributed by atoms with Crippen molar-refractivity contribution in [2.24, 2.45) is 0 Å². The maximum absolute atomic E-state index is 11.7. The van der Waals surface area contributed by atoms with E-state index in [4.69, 9.17) is 10.5 Å². The summed E-state index contributed by atoms with van der Waals surface area (Å²) in [5, 5.41) is 12.8. The van der Waals surface area contributed by atoms with Gasteiger partial charge >= 0.3 is 0 Å². The van der Waals surface area contributed by atoms with Crippen LogP contribution >= 0.6 is 0 Å². The molecule has 0 saturated heterocycles. The molecule has 5 heteroatoms. The van der Waals surface area contributed by atoms with Gasteiger partial charge in [-0.3, -0.25) is 4.79 Å². The van der Waals surface area contributed by atoms with Crippen LogP contribution in [0.4, 0.5) is 5.69 Å². The van der Waals surface area contributed by atoms with Crippen LogP contribution in [0.2, 0.25) is 0 Å². The summed E-state index contributed by atoms with van der Waals surface area (Å²) >= 11 is 0. The van der Waals surface area contributed by atoms with Crippen LogP contribution in [0.25, 0.3) is 0 Å². The first-order valence-electron chi connectivity index (χ1n) is 6.97. The Kier molecular flexibility index (Phi) is 6.31. The standard InChI is InChI=1S/C15H24N2O3/c1-3-15(19,4-2)11-17-14(18)9-10-20-13-8-6-5-7-12(13)16/h5-8,19H,3-4,9-11,16H2,1-2H3,(H,17,18). The second kappa shape index (κ2) is 7.75. The van der Waals surface area contributed by atoms with Crippen molar-refractivity contribution in [3.05, 3.63) is 24.3 Å². The Bertz CT molecular complexity index is 431. The van der Waals surface area contributed by atoms with E-state index in [-0.39, 0.29) is 25.5 Å². The lowest BCUT2D eigenvalue weighted by atomic mass is 9.97. The molecule has 0 unspecified atom stereocenters. The molecule has 0 spiro atoms. The van der Waals surface area contributed by atoms with Gasteiger partial charge in [0.15, 0.2) is 0 Å². The molecule has 5 nitrogen and oxygen atoms in total. The van der Waals surface area contributed by atoms with Gasteiger partial charge in [-0.25, -0.2) is 0 Å². The van der Waals surface area contributed by atoms with E-state index in [1.54, 1.807) is 12.1 Å². The van der Waals surface area contributed by atoms with Gasteiger partial charge in [-0.2, -0.15) is 0 Å². The van der Waals surface area contributed by atoms with Crippen LogP contribution < -0.4 is 15.8 Å². The largest absolute Gasteiger partial charge is 0.491 e. The molecule has 112 valence electrons. The zero-order valence-corrected chi connectivity index (χ0v) is 12.2. The van der Waals surface area contributed by atoms with E-state index in [0.717, 1.165) is 0 Å². The average molecular weight is 280 g/mol. The normalized spacial score (nSPS) is 11.2. The third kappa shape index (κ3) is 5.09. The van der Waals surface area contributed by atoms with Gasteiger partial charge < -0.3 is 20.9 Å². The molecule has 1 rings (SSSR count). The number of ether oxygens (including phenoxy) is 1. The molecule has 0 aliphatic carbocycles. The summed E-state index contributed by atoms with van der Waals surface area (Å²) in [5.74, 6) is 0.443. The summed E-state index contributed by atoms with van der Waals surface area (Å²) in [4.78, 5) is 11.7. The molecule has 0 aliphatic heterocycles. The second-order valence-electron chi connectivity index (χ2n) is 4.84. The number of benzene rings is 1. The number of nitrogens with two attached hydrogens (primary N) is 1. The molecule has 0 heterocycles. The number of hydrogen-bond acceptors (Lipinski definition) is 4.